The van der Waals surface area contributed by atoms with E-state index >= 15 is 0 Å². The van der Waals surface area contributed by atoms with E-state index in [9.17, 15) is 4.39 Å². The van der Waals surface area contributed by atoms with Crippen LogP contribution in [0.25, 0.3) is 0 Å². The van der Waals surface area contributed by atoms with Gasteiger partial charge in [0.05, 0.1) is 12.3 Å². The Morgan fingerprint density at radius 3 is 2.89 bits per heavy atom. The van der Waals surface area contributed by atoms with E-state index in [1.807, 2.05) is 0 Å². The quantitative estimate of drug-likeness (QED) is 0.834. The van der Waals surface area contributed by atoms with Gasteiger partial charge >= 0.3 is 0 Å². The van der Waals surface area contributed by atoms with Crippen molar-refractivity contribution in [3.63, 3.8) is 0 Å². The smallest absolute Gasteiger partial charge is 0.125 e. The number of halogens is 1. The van der Waals surface area contributed by atoms with E-state index in [0.717, 1.165) is 44.0 Å². The summed E-state index contributed by atoms with van der Waals surface area (Å²) >= 11 is 0. The zero-order valence-corrected chi connectivity index (χ0v) is 11.4. The number of ether oxygens (including phenoxy) is 1. The van der Waals surface area contributed by atoms with Crippen LogP contribution in [0.3, 0.4) is 0 Å². The van der Waals surface area contributed by atoms with Gasteiger partial charge in [-0.05, 0) is 24.5 Å². The van der Waals surface area contributed by atoms with Gasteiger partial charge in [-0.1, -0.05) is 13.0 Å². The van der Waals surface area contributed by atoms with Crippen molar-refractivity contribution in [2.24, 2.45) is 0 Å². The molecule has 0 radical (unpaired) electrons. The van der Waals surface area contributed by atoms with Gasteiger partial charge in [0, 0.05) is 37.9 Å². The molecule has 19 heavy (non-hydrogen) atoms. The van der Waals surface area contributed by atoms with Crippen LogP contribution in [0.15, 0.2) is 12.1 Å². The van der Waals surface area contributed by atoms with Crippen molar-refractivity contribution in [1.82, 2.24) is 9.88 Å². The molecular weight excluding hydrogens is 243 g/mol. The molecule has 0 aromatic carbocycles. The van der Waals surface area contributed by atoms with Gasteiger partial charge in [-0.3, -0.25) is 9.88 Å². The minimum atomic E-state index is -0.646. The SMILES string of the molecule is CCc1ccc(C2CCOC2)c(CN2CC(F)C2)n1. The molecule has 0 aliphatic carbocycles. The first-order valence-corrected chi connectivity index (χ1v) is 7.19. The molecule has 1 aromatic rings. The Bertz CT molecular complexity index is 440. The minimum Gasteiger partial charge on any atom is -0.381 e. The molecule has 2 fully saturated rings. The van der Waals surface area contributed by atoms with Gasteiger partial charge < -0.3 is 4.74 Å². The molecule has 0 N–H and O–H groups in total. The van der Waals surface area contributed by atoms with E-state index in [4.69, 9.17) is 9.72 Å². The van der Waals surface area contributed by atoms with E-state index in [2.05, 4.69) is 24.0 Å². The second kappa shape index (κ2) is 5.55. The molecule has 0 spiro atoms. The van der Waals surface area contributed by atoms with Crippen LogP contribution in [0.2, 0.25) is 0 Å². The standard InChI is InChI=1S/C15H21FN2O/c1-2-13-3-4-14(11-5-6-19-10-11)15(17-13)9-18-7-12(16)8-18/h3-4,11-12H,2,5-10H2,1H3. The average Bonchev–Trinajstić information content (AvgIpc) is 2.90. The van der Waals surface area contributed by atoms with E-state index in [-0.39, 0.29) is 0 Å². The highest BCUT2D eigenvalue weighted by molar-refractivity contribution is 5.28. The van der Waals surface area contributed by atoms with E-state index in [1.54, 1.807) is 0 Å². The maximum absolute atomic E-state index is 12.9. The molecule has 0 saturated carbocycles. The molecule has 2 aliphatic heterocycles. The van der Waals surface area contributed by atoms with E-state index in [1.165, 1.54) is 5.56 Å². The summed E-state index contributed by atoms with van der Waals surface area (Å²) in [5.41, 5.74) is 3.55. The molecule has 104 valence electrons. The highest BCUT2D eigenvalue weighted by Gasteiger charge is 2.28. The van der Waals surface area contributed by atoms with Gasteiger partial charge in [-0.2, -0.15) is 0 Å². The largest absolute Gasteiger partial charge is 0.381 e. The van der Waals surface area contributed by atoms with Crippen molar-refractivity contribution < 1.29 is 9.13 Å². The molecule has 1 unspecified atom stereocenters. The van der Waals surface area contributed by atoms with Crippen LogP contribution >= 0.6 is 0 Å². The van der Waals surface area contributed by atoms with Crippen LogP contribution in [0.5, 0.6) is 0 Å². The Balaban J connectivity index is 1.80. The molecular formula is C15H21FN2O. The predicted molar refractivity (Wildman–Crippen MR) is 72.0 cm³/mol. The van der Waals surface area contributed by atoms with E-state index in [0.29, 0.717) is 19.0 Å². The summed E-state index contributed by atoms with van der Waals surface area (Å²) in [6.07, 6.45) is 1.37. The van der Waals surface area contributed by atoms with E-state index < -0.39 is 6.17 Å². The van der Waals surface area contributed by atoms with Crippen molar-refractivity contribution in [2.75, 3.05) is 26.3 Å². The van der Waals surface area contributed by atoms with Crippen molar-refractivity contribution in [3.8, 4) is 0 Å². The van der Waals surface area contributed by atoms with Crippen LogP contribution in [0, 0.1) is 0 Å². The van der Waals surface area contributed by atoms with Crippen LogP contribution in [-0.4, -0.2) is 42.4 Å². The second-order valence-corrected chi connectivity index (χ2v) is 5.54. The zero-order valence-electron chi connectivity index (χ0n) is 11.4. The Kier molecular flexibility index (Phi) is 3.80. The lowest BCUT2D eigenvalue weighted by Gasteiger charge is -2.34. The summed E-state index contributed by atoms with van der Waals surface area (Å²) in [5, 5.41) is 0. The summed E-state index contributed by atoms with van der Waals surface area (Å²) < 4.78 is 18.4. The molecule has 4 heteroatoms. The lowest BCUT2D eigenvalue weighted by Crippen LogP contribution is -2.47. The Hall–Kier alpha value is -1.00. The maximum Gasteiger partial charge on any atom is 0.125 e. The second-order valence-electron chi connectivity index (χ2n) is 5.54. The molecule has 0 bridgehead atoms. The lowest BCUT2D eigenvalue weighted by molar-refractivity contribution is 0.0576. The van der Waals surface area contributed by atoms with Gasteiger partial charge in [0.25, 0.3) is 0 Å². The van der Waals surface area contributed by atoms with Crippen LogP contribution in [0.1, 0.15) is 36.2 Å². The third-order valence-corrected chi connectivity index (χ3v) is 4.08. The molecule has 3 rings (SSSR count). The summed E-state index contributed by atoms with van der Waals surface area (Å²) in [6.45, 7) is 5.64. The molecule has 0 amide bonds. The Labute approximate surface area is 113 Å². The highest BCUT2D eigenvalue weighted by atomic mass is 19.1. The number of rotatable bonds is 4. The zero-order chi connectivity index (χ0) is 13.2. The van der Waals surface area contributed by atoms with Crippen molar-refractivity contribution >= 4 is 0 Å². The number of hydrogen-bond donors (Lipinski definition) is 0. The number of alkyl halides is 1. The maximum atomic E-state index is 12.9. The van der Waals surface area contributed by atoms with Crippen LogP contribution < -0.4 is 0 Å². The van der Waals surface area contributed by atoms with Crippen LogP contribution in [-0.2, 0) is 17.7 Å². The van der Waals surface area contributed by atoms with Gasteiger partial charge in [0.15, 0.2) is 0 Å². The van der Waals surface area contributed by atoms with Gasteiger partial charge in [-0.15, -0.1) is 0 Å². The first kappa shape index (κ1) is 13.0. The molecule has 2 saturated heterocycles. The first-order valence-electron chi connectivity index (χ1n) is 7.19. The third-order valence-electron chi connectivity index (χ3n) is 4.08. The van der Waals surface area contributed by atoms with Crippen LogP contribution in [0.4, 0.5) is 4.39 Å². The fourth-order valence-corrected chi connectivity index (χ4v) is 2.88. The van der Waals surface area contributed by atoms with Gasteiger partial charge in [-0.25, -0.2) is 4.39 Å². The van der Waals surface area contributed by atoms with Crippen molar-refractivity contribution in [3.05, 3.63) is 29.1 Å². The Morgan fingerprint density at radius 1 is 1.42 bits per heavy atom. The topological polar surface area (TPSA) is 25.4 Å². The average molecular weight is 264 g/mol. The molecule has 1 aromatic heterocycles. The van der Waals surface area contributed by atoms with Crippen molar-refractivity contribution in [1.29, 1.82) is 0 Å². The monoisotopic (exact) mass is 264 g/mol. The predicted octanol–water partition coefficient (Wildman–Crippen LogP) is 2.30. The molecule has 2 aliphatic rings. The number of hydrogen-bond acceptors (Lipinski definition) is 3. The number of pyridine rings is 1. The lowest BCUT2D eigenvalue weighted by atomic mass is 9.95. The third kappa shape index (κ3) is 2.79. The Morgan fingerprint density at radius 2 is 2.26 bits per heavy atom. The molecule has 3 heterocycles. The summed E-state index contributed by atoms with van der Waals surface area (Å²) in [7, 11) is 0. The normalized spacial score (nSPS) is 24.6. The van der Waals surface area contributed by atoms with Gasteiger partial charge in [0.1, 0.15) is 6.17 Å². The number of nitrogens with zero attached hydrogens (tertiary/aromatic N) is 2. The molecule has 1 atom stereocenters. The summed E-state index contributed by atoms with van der Waals surface area (Å²) in [4.78, 5) is 6.89. The molecule has 3 nitrogen and oxygen atoms in total. The fourth-order valence-electron chi connectivity index (χ4n) is 2.88. The number of likely N-dealkylation sites (tertiary alicyclic amines) is 1. The number of aryl methyl sites for hydroxylation is 1. The summed E-state index contributed by atoms with van der Waals surface area (Å²) in [6, 6.07) is 4.32. The first-order chi connectivity index (χ1) is 9.26. The summed E-state index contributed by atoms with van der Waals surface area (Å²) in [5.74, 6) is 0.468. The number of aromatic nitrogens is 1. The minimum absolute atomic E-state index is 0.468. The van der Waals surface area contributed by atoms with Gasteiger partial charge in [0.2, 0.25) is 0 Å². The fraction of sp³-hybridized carbons (Fsp3) is 0.667. The highest BCUT2D eigenvalue weighted by Crippen LogP contribution is 2.29. The van der Waals surface area contributed by atoms with Crippen molar-refractivity contribution in [2.45, 2.75) is 38.4 Å².